The van der Waals surface area contributed by atoms with Crippen molar-refractivity contribution in [2.24, 2.45) is 0 Å². The third-order valence-electron chi connectivity index (χ3n) is 4.58. The Morgan fingerprint density at radius 3 is 2.35 bits per heavy atom. The number of carbonyl (C=O) groups excluding carboxylic acids is 1. The molecular formula is C22H31N3O5S. The Labute approximate surface area is 184 Å². The van der Waals surface area contributed by atoms with E-state index in [0.29, 0.717) is 42.6 Å². The molecular weight excluding hydrogens is 418 g/mol. The number of ether oxygens (including phenoxy) is 2. The average Bonchev–Trinajstić information content (AvgIpc) is 2.77. The fourth-order valence-corrected chi connectivity index (χ4v) is 4.46. The number of rotatable bonds is 12. The number of anilines is 2. The van der Waals surface area contributed by atoms with Gasteiger partial charge in [-0.2, -0.15) is 4.31 Å². The minimum Gasteiger partial charge on any atom is -0.495 e. The number of nitrogens with zero attached hydrogens (tertiary/aromatic N) is 1. The van der Waals surface area contributed by atoms with Crippen LogP contribution in [0.1, 0.15) is 27.2 Å². The van der Waals surface area contributed by atoms with Crippen molar-refractivity contribution in [1.82, 2.24) is 4.31 Å². The van der Waals surface area contributed by atoms with Gasteiger partial charge in [0.1, 0.15) is 11.5 Å². The van der Waals surface area contributed by atoms with Gasteiger partial charge < -0.3 is 20.1 Å². The SMILES string of the molecule is CCCOc1ccccc1NC(=O)CNc1cc(S(=O)(=O)N(CC)CC)ccc1OC. The first kappa shape index (κ1) is 24.5. The molecule has 2 rings (SSSR count). The molecule has 31 heavy (non-hydrogen) atoms. The van der Waals surface area contributed by atoms with Gasteiger partial charge in [0.05, 0.1) is 36.5 Å². The molecule has 0 aliphatic carbocycles. The summed E-state index contributed by atoms with van der Waals surface area (Å²) in [6, 6.07) is 11.8. The van der Waals surface area contributed by atoms with Gasteiger partial charge in [-0.3, -0.25) is 4.79 Å². The highest BCUT2D eigenvalue weighted by molar-refractivity contribution is 7.89. The van der Waals surface area contributed by atoms with Gasteiger partial charge in [-0.15, -0.1) is 0 Å². The lowest BCUT2D eigenvalue weighted by atomic mass is 10.2. The average molecular weight is 450 g/mol. The van der Waals surface area contributed by atoms with Crippen LogP contribution in [0.4, 0.5) is 11.4 Å². The minimum absolute atomic E-state index is 0.0761. The van der Waals surface area contributed by atoms with Gasteiger partial charge in [0.2, 0.25) is 15.9 Å². The van der Waals surface area contributed by atoms with Crippen molar-refractivity contribution in [3.05, 3.63) is 42.5 Å². The Bertz CT molecular complexity index is 975. The number of benzene rings is 2. The summed E-state index contributed by atoms with van der Waals surface area (Å²) in [6.07, 6.45) is 0.858. The zero-order chi connectivity index (χ0) is 22.9. The predicted octanol–water partition coefficient (Wildman–Crippen LogP) is 3.57. The molecule has 2 aromatic carbocycles. The standard InChI is InChI=1S/C22H31N3O5S/c1-5-14-30-21-11-9-8-10-18(21)24-22(26)16-23-19-15-17(12-13-20(19)29-4)31(27,28)25(6-2)7-3/h8-13,15,23H,5-7,14,16H2,1-4H3,(H,24,26). The number of amides is 1. The maximum absolute atomic E-state index is 12.8. The molecule has 0 heterocycles. The lowest BCUT2D eigenvalue weighted by molar-refractivity contribution is -0.114. The van der Waals surface area contributed by atoms with Crippen molar-refractivity contribution in [3.8, 4) is 11.5 Å². The van der Waals surface area contributed by atoms with Crippen molar-refractivity contribution < 1.29 is 22.7 Å². The summed E-state index contributed by atoms with van der Waals surface area (Å²) in [5, 5.41) is 5.79. The van der Waals surface area contributed by atoms with Crippen LogP contribution in [-0.4, -0.2) is 52.0 Å². The minimum atomic E-state index is -3.63. The molecule has 0 aliphatic heterocycles. The van der Waals surface area contributed by atoms with E-state index >= 15 is 0 Å². The first-order chi connectivity index (χ1) is 14.9. The maximum atomic E-state index is 12.8. The van der Waals surface area contributed by atoms with Crippen LogP contribution in [0.15, 0.2) is 47.4 Å². The fourth-order valence-electron chi connectivity index (χ4n) is 2.98. The molecule has 1 amide bonds. The third kappa shape index (κ3) is 6.35. The highest BCUT2D eigenvalue weighted by Crippen LogP contribution is 2.29. The van der Waals surface area contributed by atoms with Gasteiger partial charge in [-0.1, -0.05) is 32.9 Å². The van der Waals surface area contributed by atoms with Crippen molar-refractivity contribution in [2.45, 2.75) is 32.1 Å². The van der Waals surface area contributed by atoms with Gasteiger partial charge in [-0.05, 0) is 36.8 Å². The first-order valence-electron chi connectivity index (χ1n) is 10.3. The van der Waals surface area contributed by atoms with Crippen molar-refractivity contribution in [3.63, 3.8) is 0 Å². The number of hydrogen-bond donors (Lipinski definition) is 2. The maximum Gasteiger partial charge on any atom is 0.243 e. The summed E-state index contributed by atoms with van der Waals surface area (Å²) in [5.41, 5.74) is 0.994. The monoisotopic (exact) mass is 449 g/mol. The second-order valence-electron chi connectivity index (χ2n) is 6.70. The Balaban J connectivity index is 2.15. The van der Waals surface area contributed by atoms with Gasteiger partial charge >= 0.3 is 0 Å². The van der Waals surface area contributed by atoms with Gasteiger partial charge in [0, 0.05) is 13.1 Å². The van der Waals surface area contributed by atoms with Crippen LogP contribution >= 0.6 is 0 Å². The quantitative estimate of drug-likeness (QED) is 0.514. The van der Waals surface area contributed by atoms with E-state index in [4.69, 9.17) is 9.47 Å². The van der Waals surface area contributed by atoms with Crippen LogP contribution < -0.4 is 20.1 Å². The number of hydrogen-bond acceptors (Lipinski definition) is 6. The van der Waals surface area contributed by atoms with E-state index in [1.54, 1.807) is 32.0 Å². The van der Waals surface area contributed by atoms with E-state index in [1.807, 2.05) is 19.1 Å². The molecule has 0 aromatic heterocycles. The van der Waals surface area contributed by atoms with Crippen molar-refractivity contribution in [2.75, 3.05) is 44.0 Å². The van der Waals surface area contributed by atoms with Crippen LogP contribution in [0, 0.1) is 0 Å². The van der Waals surface area contributed by atoms with Gasteiger partial charge in [0.15, 0.2) is 0 Å². The lowest BCUT2D eigenvalue weighted by Gasteiger charge is -2.20. The molecule has 170 valence electrons. The Hall–Kier alpha value is -2.78. The third-order valence-corrected chi connectivity index (χ3v) is 6.62. The fraction of sp³-hybridized carbons (Fsp3) is 0.409. The van der Waals surface area contributed by atoms with E-state index in [9.17, 15) is 13.2 Å². The molecule has 0 fully saturated rings. The molecule has 0 saturated heterocycles. The normalized spacial score (nSPS) is 11.3. The van der Waals surface area contributed by atoms with E-state index in [2.05, 4.69) is 10.6 Å². The smallest absolute Gasteiger partial charge is 0.243 e. The highest BCUT2D eigenvalue weighted by atomic mass is 32.2. The largest absolute Gasteiger partial charge is 0.495 e. The molecule has 0 aliphatic rings. The number of nitrogens with one attached hydrogen (secondary N) is 2. The van der Waals surface area contributed by atoms with E-state index in [0.717, 1.165) is 6.42 Å². The van der Waals surface area contributed by atoms with E-state index < -0.39 is 10.0 Å². The second kappa shape index (κ2) is 11.6. The number of methoxy groups -OCH3 is 1. The molecule has 2 aromatic rings. The summed E-state index contributed by atoms with van der Waals surface area (Å²) < 4.78 is 38.0. The highest BCUT2D eigenvalue weighted by Gasteiger charge is 2.23. The molecule has 9 heteroatoms. The van der Waals surface area contributed by atoms with Gasteiger partial charge in [0.25, 0.3) is 0 Å². The van der Waals surface area contributed by atoms with E-state index in [-0.39, 0.29) is 17.3 Å². The van der Waals surface area contributed by atoms with Crippen LogP contribution in [0.3, 0.4) is 0 Å². The molecule has 0 unspecified atom stereocenters. The molecule has 2 N–H and O–H groups in total. The zero-order valence-corrected chi connectivity index (χ0v) is 19.3. The molecule has 0 saturated carbocycles. The van der Waals surface area contributed by atoms with E-state index in [1.165, 1.54) is 23.5 Å². The number of para-hydroxylation sites is 2. The Kier molecular flexibility index (Phi) is 9.14. The first-order valence-corrected chi connectivity index (χ1v) is 11.7. The van der Waals surface area contributed by atoms with Crippen LogP contribution in [0.2, 0.25) is 0 Å². The second-order valence-corrected chi connectivity index (χ2v) is 8.64. The summed E-state index contributed by atoms with van der Waals surface area (Å²) in [5.74, 6) is 0.743. The Morgan fingerprint density at radius 2 is 1.71 bits per heavy atom. The summed E-state index contributed by atoms with van der Waals surface area (Å²) >= 11 is 0. The lowest BCUT2D eigenvalue weighted by Crippen LogP contribution is -2.30. The summed E-state index contributed by atoms with van der Waals surface area (Å²) in [6.45, 7) is 6.80. The van der Waals surface area contributed by atoms with Crippen molar-refractivity contribution >= 4 is 27.3 Å². The zero-order valence-electron chi connectivity index (χ0n) is 18.5. The van der Waals surface area contributed by atoms with Crippen LogP contribution in [0.5, 0.6) is 11.5 Å². The molecule has 0 radical (unpaired) electrons. The van der Waals surface area contributed by atoms with Crippen LogP contribution in [0.25, 0.3) is 0 Å². The van der Waals surface area contributed by atoms with Crippen LogP contribution in [-0.2, 0) is 14.8 Å². The predicted molar refractivity (Wildman–Crippen MR) is 122 cm³/mol. The molecule has 0 bridgehead atoms. The molecule has 0 atom stereocenters. The van der Waals surface area contributed by atoms with Crippen molar-refractivity contribution in [1.29, 1.82) is 0 Å². The molecule has 8 nitrogen and oxygen atoms in total. The Morgan fingerprint density at radius 1 is 1.00 bits per heavy atom. The number of carbonyl (C=O) groups is 1. The summed E-state index contributed by atoms with van der Waals surface area (Å²) in [4.78, 5) is 12.6. The van der Waals surface area contributed by atoms with Gasteiger partial charge in [-0.25, -0.2) is 8.42 Å². The number of sulfonamides is 1. The molecule has 0 spiro atoms. The topological polar surface area (TPSA) is 97.0 Å². The summed E-state index contributed by atoms with van der Waals surface area (Å²) in [7, 11) is -2.14.